The summed E-state index contributed by atoms with van der Waals surface area (Å²) in [6.07, 6.45) is 0. The van der Waals surface area contributed by atoms with Crippen LogP contribution in [0.25, 0.3) is 0 Å². The van der Waals surface area contributed by atoms with Crippen LogP contribution in [-0.2, 0) is 19.7 Å². The largest absolute Gasteiger partial charge is 0.462 e. The van der Waals surface area contributed by atoms with Crippen molar-refractivity contribution in [3.8, 4) is 0 Å². The zero-order chi connectivity index (χ0) is 11.4. The Balaban J connectivity index is 1.79. The lowest BCUT2D eigenvalue weighted by Crippen LogP contribution is -2.12. The summed E-state index contributed by atoms with van der Waals surface area (Å²) in [4.78, 5) is 4.35. The van der Waals surface area contributed by atoms with E-state index in [1.54, 1.807) is 17.4 Å². The van der Waals surface area contributed by atoms with Gasteiger partial charge in [0.05, 0.1) is 17.2 Å². The van der Waals surface area contributed by atoms with Crippen LogP contribution in [0.3, 0.4) is 0 Å². The van der Waals surface area contributed by atoms with E-state index in [2.05, 4.69) is 10.3 Å². The number of nitrogens with one attached hydrogen (secondary N) is 1. The molecule has 2 rings (SSSR count). The molecule has 0 amide bonds. The monoisotopic (exact) mass is 238 g/mol. The summed E-state index contributed by atoms with van der Waals surface area (Å²) in [6.45, 7) is 3.33. The second-order valence-electron chi connectivity index (χ2n) is 3.49. The van der Waals surface area contributed by atoms with Gasteiger partial charge in [-0.25, -0.2) is 4.98 Å². The van der Waals surface area contributed by atoms with Crippen molar-refractivity contribution in [2.24, 2.45) is 0 Å². The molecule has 0 atom stereocenters. The van der Waals surface area contributed by atoms with E-state index >= 15 is 0 Å². The maximum absolute atomic E-state index is 8.83. The molecule has 86 valence electrons. The first-order valence-corrected chi connectivity index (χ1v) is 5.96. The first-order chi connectivity index (χ1) is 7.78. The minimum absolute atomic E-state index is 0.0503. The fourth-order valence-electron chi connectivity index (χ4n) is 1.41. The van der Waals surface area contributed by atoms with Crippen molar-refractivity contribution < 1.29 is 9.52 Å². The molecule has 0 aliphatic rings. The van der Waals surface area contributed by atoms with Crippen LogP contribution in [-0.4, -0.2) is 10.1 Å². The van der Waals surface area contributed by atoms with Crippen LogP contribution in [0.2, 0.25) is 0 Å². The zero-order valence-corrected chi connectivity index (χ0v) is 9.88. The highest BCUT2D eigenvalue weighted by Gasteiger charge is 2.01. The van der Waals surface area contributed by atoms with Crippen LogP contribution in [0.5, 0.6) is 0 Å². The molecular formula is C11H14N2O2S. The van der Waals surface area contributed by atoms with Crippen molar-refractivity contribution in [2.75, 3.05) is 0 Å². The Kier molecular flexibility index (Phi) is 3.71. The minimum atomic E-state index is -0.0503. The lowest BCUT2D eigenvalue weighted by Gasteiger charge is -1.99. The molecule has 0 aliphatic heterocycles. The second kappa shape index (κ2) is 5.25. The third kappa shape index (κ3) is 2.91. The van der Waals surface area contributed by atoms with Gasteiger partial charge in [0.25, 0.3) is 0 Å². The summed E-state index contributed by atoms with van der Waals surface area (Å²) in [5, 5.41) is 15.2. The Morgan fingerprint density at radius 2 is 2.19 bits per heavy atom. The number of aryl methyl sites for hydroxylation is 1. The number of aliphatic hydroxyl groups excluding tert-OH is 1. The Bertz CT molecular complexity index is 450. The maximum Gasteiger partial charge on any atom is 0.129 e. The molecule has 2 N–H and O–H groups in total. The van der Waals surface area contributed by atoms with E-state index in [1.165, 1.54) is 0 Å². The lowest BCUT2D eigenvalue weighted by atomic mass is 10.4. The number of thiazole rings is 1. The van der Waals surface area contributed by atoms with Crippen molar-refractivity contribution in [1.82, 2.24) is 10.3 Å². The van der Waals surface area contributed by atoms with E-state index in [0.29, 0.717) is 12.3 Å². The van der Waals surface area contributed by atoms with Gasteiger partial charge < -0.3 is 14.8 Å². The highest BCUT2D eigenvalue weighted by atomic mass is 32.1. The lowest BCUT2D eigenvalue weighted by molar-refractivity contribution is 0.242. The van der Waals surface area contributed by atoms with Crippen molar-refractivity contribution in [1.29, 1.82) is 0 Å². The topological polar surface area (TPSA) is 58.3 Å². The van der Waals surface area contributed by atoms with Gasteiger partial charge in [-0.15, -0.1) is 11.3 Å². The van der Waals surface area contributed by atoms with Gasteiger partial charge in [0.1, 0.15) is 18.1 Å². The van der Waals surface area contributed by atoms with Gasteiger partial charge in [-0.3, -0.25) is 0 Å². The number of aromatic nitrogens is 1. The predicted octanol–water partition coefficient (Wildman–Crippen LogP) is 1.83. The number of furan rings is 1. The molecule has 2 aromatic heterocycles. The molecule has 0 unspecified atom stereocenters. The fraction of sp³-hybridized carbons (Fsp3) is 0.364. The quantitative estimate of drug-likeness (QED) is 0.834. The van der Waals surface area contributed by atoms with Crippen molar-refractivity contribution in [3.63, 3.8) is 0 Å². The molecule has 2 heterocycles. The summed E-state index contributed by atoms with van der Waals surface area (Å²) in [7, 11) is 0. The van der Waals surface area contributed by atoms with E-state index < -0.39 is 0 Å². The van der Waals surface area contributed by atoms with E-state index in [1.807, 2.05) is 18.4 Å². The minimum Gasteiger partial charge on any atom is -0.462 e. The smallest absolute Gasteiger partial charge is 0.129 e. The summed E-state index contributed by atoms with van der Waals surface area (Å²) < 4.78 is 5.35. The van der Waals surface area contributed by atoms with Crippen LogP contribution in [0.1, 0.15) is 22.2 Å². The first kappa shape index (κ1) is 11.3. The number of nitrogens with zero attached hydrogens (tertiary/aromatic N) is 1. The van der Waals surface area contributed by atoms with Gasteiger partial charge >= 0.3 is 0 Å². The van der Waals surface area contributed by atoms with Crippen molar-refractivity contribution in [3.05, 3.63) is 39.7 Å². The Morgan fingerprint density at radius 1 is 1.38 bits per heavy atom. The van der Waals surface area contributed by atoms with Crippen LogP contribution < -0.4 is 5.32 Å². The normalized spacial score (nSPS) is 10.9. The van der Waals surface area contributed by atoms with Gasteiger partial charge in [-0.2, -0.15) is 0 Å². The molecule has 4 nitrogen and oxygen atoms in total. The molecule has 0 spiro atoms. The van der Waals surface area contributed by atoms with E-state index in [4.69, 9.17) is 9.52 Å². The zero-order valence-electron chi connectivity index (χ0n) is 9.06. The summed E-state index contributed by atoms with van der Waals surface area (Å²) in [6, 6.07) is 3.65. The van der Waals surface area contributed by atoms with Crippen LogP contribution in [0.4, 0.5) is 0 Å². The van der Waals surface area contributed by atoms with E-state index in [-0.39, 0.29) is 6.61 Å². The van der Waals surface area contributed by atoms with Crippen LogP contribution in [0.15, 0.2) is 21.9 Å². The third-order valence-electron chi connectivity index (χ3n) is 2.15. The average molecular weight is 238 g/mol. The summed E-state index contributed by atoms with van der Waals surface area (Å²) in [5.41, 5.74) is 1.05. The SMILES string of the molecule is Cc1nc(CNCc2ccc(CO)o2)cs1. The number of hydrogen-bond acceptors (Lipinski definition) is 5. The van der Waals surface area contributed by atoms with Crippen molar-refractivity contribution in [2.45, 2.75) is 26.6 Å². The molecule has 2 aromatic rings. The van der Waals surface area contributed by atoms with Gasteiger partial charge in [0.2, 0.25) is 0 Å². The Labute approximate surface area is 97.9 Å². The highest BCUT2D eigenvalue weighted by Crippen LogP contribution is 2.09. The van der Waals surface area contributed by atoms with Gasteiger partial charge in [-0.05, 0) is 19.1 Å². The molecule has 5 heteroatoms. The summed E-state index contributed by atoms with van der Waals surface area (Å²) >= 11 is 1.65. The molecule has 0 bridgehead atoms. The Morgan fingerprint density at radius 3 is 2.81 bits per heavy atom. The second-order valence-corrected chi connectivity index (χ2v) is 4.55. The predicted molar refractivity (Wildman–Crippen MR) is 62.0 cm³/mol. The van der Waals surface area contributed by atoms with Crippen LogP contribution in [0, 0.1) is 6.92 Å². The molecule has 0 aromatic carbocycles. The van der Waals surface area contributed by atoms with E-state index in [9.17, 15) is 0 Å². The molecule has 0 aliphatic carbocycles. The average Bonchev–Trinajstić information content (AvgIpc) is 2.88. The van der Waals surface area contributed by atoms with Gasteiger partial charge in [0.15, 0.2) is 0 Å². The first-order valence-electron chi connectivity index (χ1n) is 5.08. The molecule has 0 fully saturated rings. The number of aliphatic hydroxyl groups is 1. The third-order valence-corrected chi connectivity index (χ3v) is 2.97. The molecule has 16 heavy (non-hydrogen) atoms. The molecule has 0 saturated carbocycles. The molecule has 0 radical (unpaired) electrons. The summed E-state index contributed by atoms with van der Waals surface area (Å²) in [5.74, 6) is 1.43. The maximum atomic E-state index is 8.83. The molecule has 0 saturated heterocycles. The standard InChI is InChI=1S/C11H14N2O2S/c1-8-13-9(7-16-8)4-12-5-10-2-3-11(6-14)15-10/h2-3,7,12,14H,4-6H2,1H3. The Hall–Kier alpha value is -1.17. The molecular weight excluding hydrogens is 224 g/mol. The van der Waals surface area contributed by atoms with E-state index in [0.717, 1.165) is 23.0 Å². The van der Waals surface area contributed by atoms with Gasteiger partial charge in [-0.1, -0.05) is 0 Å². The number of rotatable bonds is 5. The number of hydrogen-bond donors (Lipinski definition) is 2. The highest BCUT2D eigenvalue weighted by molar-refractivity contribution is 7.09. The van der Waals surface area contributed by atoms with Crippen LogP contribution >= 0.6 is 11.3 Å². The van der Waals surface area contributed by atoms with Crippen molar-refractivity contribution >= 4 is 11.3 Å². The fourth-order valence-corrected chi connectivity index (χ4v) is 2.02. The van der Waals surface area contributed by atoms with Gasteiger partial charge in [0, 0.05) is 11.9 Å².